The molecule has 0 unspecified atom stereocenters. The normalized spacial score (nSPS) is 12.8. The lowest BCUT2D eigenvalue weighted by molar-refractivity contribution is 0.484. The third-order valence-corrected chi connectivity index (χ3v) is 6.01. The molecule has 0 radical (unpaired) electrons. The first-order valence-electron chi connectivity index (χ1n) is 5.65. The highest BCUT2D eigenvalue weighted by Gasteiger charge is 2.24. The molecule has 114 valence electrons. The van der Waals surface area contributed by atoms with Crippen molar-refractivity contribution >= 4 is 37.1 Å². The van der Waals surface area contributed by atoms with Crippen LogP contribution >= 0.6 is 11.6 Å². The third-order valence-electron chi connectivity index (χ3n) is 2.76. The van der Waals surface area contributed by atoms with E-state index in [0.717, 1.165) is 10.6 Å². The molecule has 9 heteroatoms. The lowest BCUT2D eigenvalue weighted by Gasteiger charge is -2.18. The number of nitrogens with two attached hydrogens (primary N) is 1. The SMILES string of the molecule is Cc1cc(Cl)c(N)cc1S(=O)(=O)N(C)CCS(C)(=O)=O. The molecule has 0 amide bonds. The van der Waals surface area contributed by atoms with E-state index in [4.69, 9.17) is 17.3 Å². The highest BCUT2D eigenvalue weighted by molar-refractivity contribution is 7.91. The van der Waals surface area contributed by atoms with Gasteiger partial charge in [-0.15, -0.1) is 0 Å². The lowest BCUT2D eigenvalue weighted by atomic mass is 10.2. The van der Waals surface area contributed by atoms with Gasteiger partial charge in [-0.25, -0.2) is 16.8 Å². The summed E-state index contributed by atoms with van der Waals surface area (Å²) >= 11 is 5.82. The first kappa shape index (κ1) is 17.2. The van der Waals surface area contributed by atoms with Crippen LogP contribution in [0.4, 0.5) is 5.69 Å². The first-order chi connectivity index (χ1) is 8.95. The standard InChI is InChI=1S/C11H17ClN2O4S2/c1-8-6-9(12)10(13)7-11(8)20(17,18)14(2)4-5-19(3,15)16/h6-7H,4-5,13H2,1-3H3. The van der Waals surface area contributed by atoms with Gasteiger partial charge in [-0.2, -0.15) is 4.31 Å². The molecule has 0 atom stereocenters. The molecule has 0 aliphatic heterocycles. The average molecular weight is 341 g/mol. The molecular formula is C11H17ClN2O4S2. The monoisotopic (exact) mass is 340 g/mol. The van der Waals surface area contributed by atoms with Gasteiger partial charge in [-0.05, 0) is 24.6 Å². The van der Waals surface area contributed by atoms with Crippen molar-refractivity contribution in [3.8, 4) is 0 Å². The molecule has 1 aromatic rings. The van der Waals surface area contributed by atoms with Crippen LogP contribution in [-0.4, -0.2) is 46.7 Å². The van der Waals surface area contributed by atoms with Gasteiger partial charge in [0.25, 0.3) is 0 Å². The number of nitrogen functional groups attached to an aromatic ring is 1. The largest absolute Gasteiger partial charge is 0.397 e. The van der Waals surface area contributed by atoms with Gasteiger partial charge in [-0.3, -0.25) is 0 Å². The molecule has 1 rings (SSSR count). The topological polar surface area (TPSA) is 97.5 Å². The summed E-state index contributed by atoms with van der Waals surface area (Å²) in [5.41, 5.74) is 6.23. The van der Waals surface area contributed by atoms with Crippen molar-refractivity contribution in [1.82, 2.24) is 4.31 Å². The molecule has 20 heavy (non-hydrogen) atoms. The molecule has 0 aromatic heterocycles. The molecule has 0 spiro atoms. The van der Waals surface area contributed by atoms with Gasteiger partial charge in [0, 0.05) is 19.8 Å². The van der Waals surface area contributed by atoms with Crippen LogP contribution in [0.1, 0.15) is 5.56 Å². The Balaban J connectivity index is 3.14. The van der Waals surface area contributed by atoms with Crippen LogP contribution in [0.5, 0.6) is 0 Å². The van der Waals surface area contributed by atoms with E-state index < -0.39 is 19.9 Å². The second-order valence-corrected chi connectivity index (χ2v) is 9.28. The molecule has 0 fully saturated rings. The fourth-order valence-electron chi connectivity index (χ4n) is 1.53. The summed E-state index contributed by atoms with van der Waals surface area (Å²) in [6, 6.07) is 2.75. The summed E-state index contributed by atoms with van der Waals surface area (Å²) in [7, 11) is -5.72. The zero-order valence-corrected chi connectivity index (χ0v) is 13.8. The third kappa shape index (κ3) is 4.08. The van der Waals surface area contributed by atoms with Gasteiger partial charge in [0.05, 0.1) is 21.4 Å². The van der Waals surface area contributed by atoms with Crippen LogP contribution in [0.15, 0.2) is 17.0 Å². The van der Waals surface area contributed by atoms with E-state index in [0.29, 0.717) is 5.56 Å². The number of anilines is 1. The summed E-state index contributed by atoms with van der Waals surface area (Å²) in [5.74, 6) is -0.245. The Labute approximate surface area is 124 Å². The van der Waals surface area contributed by atoms with Crippen molar-refractivity contribution in [3.05, 3.63) is 22.7 Å². The van der Waals surface area contributed by atoms with Gasteiger partial charge in [0.15, 0.2) is 0 Å². The van der Waals surface area contributed by atoms with Crippen molar-refractivity contribution in [2.24, 2.45) is 0 Å². The molecule has 0 aliphatic rings. The van der Waals surface area contributed by atoms with Gasteiger partial charge >= 0.3 is 0 Å². The summed E-state index contributed by atoms with van der Waals surface area (Å²) in [4.78, 5) is 0.0235. The van der Waals surface area contributed by atoms with Crippen molar-refractivity contribution < 1.29 is 16.8 Å². The van der Waals surface area contributed by atoms with E-state index in [2.05, 4.69) is 0 Å². The number of hydrogen-bond acceptors (Lipinski definition) is 5. The van der Waals surface area contributed by atoms with Crippen LogP contribution in [0.25, 0.3) is 0 Å². The number of nitrogens with zero attached hydrogens (tertiary/aromatic N) is 1. The Hall–Kier alpha value is -0.830. The van der Waals surface area contributed by atoms with E-state index >= 15 is 0 Å². The molecule has 0 aliphatic carbocycles. The number of rotatable bonds is 5. The van der Waals surface area contributed by atoms with Gasteiger partial charge in [-0.1, -0.05) is 11.6 Å². The second kappa shape index (κ2) is 5.88. The highest BCUT2D eigenvalue weighted by Crippen LogP contribution is 2.27. The van der Waals surface area contributed by atoms with E-state index in [1.807, 2.05) is 0 Å². The van der Waals surface area contributed by atoms with E-state index in [9.17, 15) is 16.8 Å². The van der Waals surface area contributed by atoms with Crippen molar-refractivity contribution in [2.75, 3.05) is 31.3 Å². The van der Waals surface area contributed by atoms with Crippen LogP contribution in [0.3, 0.4) is 0 Å². The maximum atomic E-state index is 12.4. The second-order valence-electron chi connectivity index (χ2n) is 4.60. The van der Waals surface area contributed by atoms with E-state index in [-0.39, 0.29) is 27.9 Å². The average Bonchev–Trinajstić information content (AvgIpc) is 2.29. The van der Waals surface area contributed by atoms with E-state index in [1.165, 1.54) is 19.2 Å². The van der Waals surface area contributed by atoms with Gasteiger partial charge in [0.1, 0.15) is 9.84 Å². The molecule has 0 saturated carbocycles. The Morgan fingerprint density at radius 1 is 1.25 bits per heavy atom. The van der Waals surface area contributed by atoms with Crippen molar-refractivity contribution in [3.63, 3.8) is 0 Å². The first-order valence-corrected chi connectivity index (χ1v) is 9.52. The van der Waals surface area contributed by atoms with E-state index in [1.54, 1.807) is 6.92 Å². The summed E-state index contributed by atoms with van der Waals surface area (Å²) in [6.07, 6.45) is 1.05. The molecule has 6 nitrogen and oxygen atoms in total. The van der Waals surface area contributed by atoms with Crippen LogP contribution in [-0.2, 0) is 19.9 Å². The molecule has 0 saturated heterocycles. The number of halogens is 1. The van der Waals surface area contributed by atoms with Crippen LogP contribution < -0.4 is 5.73 Å². The smallest absolute Gasteiger partial charge is 0.243 e. The molecule has 1 aromatic carbocycles. The Morgan fingerprint density at radius 2 is 1.80 bits per heavy atom. The number of sulfonamides is 1. The molecule has 2 N–H and O–H groups in total. The Bertz CT molecular complexity index is 714. The predicted octanol–water partition coefficient (Wildman–Crippen LogP) is 0.896. The maximum absolute atomic E-state index is 12.4. The van der Waals surface area contributed by atoms with Crippen molar-refractivity contribution in [2.45, 2.75) is 11.8 Å². The number of aryl methyl sites for hydroxylation is 1. The zero-order chi connectivity index (χ0) is 15.7. The molecule has 0 bridgehead atoms. The predicted molar refractivity (Wildman–Crippen MR) is 80.1 cm³/mol. The fourth-order valence-corrected chi connectivity index (χ4v) is 3.88. The number of hydrogen-bond donors (Lipinski definition) is 1. The Morgan fingerprint density at radius 3 is 2.30 bits per heavy atom. The minimum atomic E-state index is -3.80. The molecular weight excluding hydrogens is 324 g/mol. The minimum Gasteiger partial charge on any atom is -0.397 e. The summed E-state index contributed by atoms with van der Waals surface area (Å²) < 4.78 is 47.9. The fraction of sp³-hybridized carbons (Fsp3) is 0.455. The quantitative estimate of drug-likeness (QED) is 0.803. The van der Waals surface area contributed by atoms with Crippen molar-refractivity contribution in [1.29, 1.82) is 0 Å². The van der Waals surface area contributed by atoms with Gasteiger partial charge < -0.3 is 5.73 Å². The highest BCUT2D eigenvalue weighted by atomic mass is 35.5. The number of sulfone groups is 1. The number of benzene rings is 1. The summed E-state index contributed by atoms with van der Waals surface area (Å²) in [5, 5.41) is 0.278. The molecule has 0 heterocycles. The Kier molecular flexibility index (Phi) is 5.07. The zero-order valence-electron chi connectivity index (χ0n) is 11.4. The van der Waals surface area contributed by atoms with Crippen LogP contribution in [0, 0.1) is 6.92 Å². The summed E-state index contributed by atoms with van der Waals surface area (Å²) in [6.45, 7) is 1.48. The lowest BCUT2D eigenvalue weighted by Crippen LogP contribution is -2.32. The maximum Gasteiger partial charge on any atom is 0.243 e. The minimum absolute atomic E-state index is 0.0235. The van der Waals surface area contributed by atoms with Gasteiger partial charge in [0.2, 0.25) is 10.0 Å². The van der Waals surface area contributed by atoms with Crippen LogP contribution in [0.2, 0.25) is 5.02 Å².